The molecular weight excluding hydrogens is 536 g/mol. The molecule has 0 saturated carbocycles. The van der Waals surface area contributed by atoms with Crippen molar-refractivity contribution >= 4 is 39.4 Å². The highest BCUT2D eigenvalue weighted by Gasteiger charge is 2.29. The summed E-state index contributed by atoms with van der Waals surface area (Å²) in [6, 6.07) is 24.1. The second-order valence-electron chi connectivity index (χ2n) is 9.02. The predicted molar refractivity (Wildman–Crippen MR) is 156 cm³/mol. The molecule has 0 aliphatic heterocycles. The van der Waals surface area contributed by atoms with Crippen molar-refractivity contribution in [2.75, 3.05) is 10.6 Å². The Labute approximate surface area is 233 Å². The van der Waals surface area contributed by atoms with E-state index in [2.05, 4.69) is 15.1 Å². The van der Waals surface area contributed by atoms with Gasteiger partial charge in [0.15, 0.2) is 0 Å². The third kappa shape index (κ3) is 6.68. The Kier molecular flexibility index (Phi) is 8.42. The number of aryl methyl sites for hydroxylation is 1. The van der Waals surface area contributed by atoms with E-state index in [1.165, 1.54) is 6.92 Å². The molecule has 1 N–H and O–H groups in total. The van der Waals surface area contributed by atoms with E-state index in [-0.39, 0.29) is 0 Å². The van der Waals surface area contributed by atoms with Crippen molar-refractivity contribution in [1.29, 1.82) is 0 Å². The average molecular weight is 565 g/mol. The minimum atomic E-state index is -3.79. The molecule has 4 rings (SSSR count). The van der Waals surface area contributed by atoms with Crippen LogP contribution in [0.5, 0.6) is 11.5 Å². The van der Waals surface area contributed by atoms with Crippen LogP contribution in [-0.2, 0) is 14.8 Å². The molecule has 0 bridgehead atoms. The van der Waals surface area contributed by atoms with Crippen molar-refractivity contribution in [2.24, 2.45) is 5.10 Å². The minimum absolute atomic E-state index is 0.330. The number of nitrogens with zero attached hydrogens (tertiary/aromatic N) is 3. The number of hydrazone groups is 1. The highest BCUT2D eigenvalue weighted by atomic mass is 35.5. The number of nitrogens with one attached hydrogen (secondary N) is 1. The maximum Gasteiger partial charge on any atom is 0.263 e. The standard InChI is InChI=1S/C29H29ClN4O4S/c1-20-18-23(21(2)33(20)25-12-10-24(30)11-13-25)19-31-32-29(35)22(3)34(39(4,36)37)26-14-16-28(17-15-26)38-27-8-6-5-7-9-27/h5-19,22H,1-4H3,(H,32,35)/b31-19-/t22-/m0/s1. The second-order valence-corrected chi connectivity index (χ2v) is 11.3. The monoisotopic (exact) mass is 564 g/mol. The Hall–Kier alpha value is -4.08. The summed E-state index contributed by atoms with van der Waals surface area (Å²) in [6.07, 6.45) is 2.60. The number of sulfonamides is 1. The summed E-state index contributed by atoms with van der Waals surface area (Å²) in [6.45, 7) is 5.43. The lowest BCUT2D eigenvalue weighted by molar-refractivity contribution is -0.121. The maximum absolute atomic E-state index is 12.9. The van der Waals surface area contributed by atoms with Crippen LogP contribution in [0.1, 0.15) is 23.9 Å². The topological polar surface area (TPSA) is 93.0 Å². The first-order valence-electron chi connectivity index (χ1n) is 12.1. The van der Waals surface area contributed by atoms with Gasteiger partial charge >= 0.3 is 0 Å². The first kappa shape index (κ1) is 27.9. The van der Waals surface area contributed by atoms with Gasteiger partial charge in [-0.15, -0.1) is 0 Å². The Morgan fingerprint density at radius 2 is 1.62 bits per heavy atom. The van der Waals surface area contributed by atoms with Gasteiger partial charge in [0.1, 0.15) is 17.5 Å². The zero-order valence-electron chi connectivity index (χ0n) is 22.0. The van der Waals surface area contributed by atoms with Crippen molar-refractivity contribution in [3.05, 3.63) is 107 Å². The van der Waals surface area contributed by atoms with Gasteiger partial charge in [-0.1, -0.05) is 29.8 Å². The van der Waals surface area contributed by atoms with E-state index in [1.807, 2.05) is 74.5 Å². The normalized spacial score (nSPS) is 12.3. The van der Waals surface area contributed by atoms with Crippen LogP contribution in [0, 0.1) is 13.8 Å². The number of carbonyl (C=O) groups excluding carboxylic acids is 1. The molecule has 1 aromatic heterocycles. The van der Waals surface area contributed by atoms with Crippen LogP contribution in [0.15, 0.2) is 90.0 Å². The molecule has 0 spiro atoms. The third-order valence-electron chi connectivity index (χ3n) is 6.09. The van der Waals surface area contributed by atoms with Gasteiger partial charge in [-0.3, -0.25) is 9.10 Å². The summed E-state index contributed by atoms with van der Waals surface area (Å²) < 4.78 is 34.2. The van der Waals surface area contributed by atoms with Crippen molar-refractivity contribution in [1.82, 2.24) is 9.99 Å². The van der Waals surface area contributed by atoms with Crippen molar-refractivity contribution in [3.63, 3.8) is 0 Å². The van der Waals surface area contributed by atoms with Crippen molar-refractivity contribution < 1.29 is 17.9 Å². The number of aromatic nitrogens is 1. The van der Waals surface area contributed by atoms with E-state index in [0.29, 0.717) is 22.2 Å². The predicted octanol–water partition coefficient (Wildman–Crippen LogP) is 5.84. The maximum atomic E-state index is 12.9. The second kappa shape index (κ2) is 11.8. The Bertz CT molecular complexity index is 1580. The number of benzene rings is 3. The zero-order valence-corrected chi connectivity index (χ0v) is 23.6. The molecule has 0 fully saturated rings. The van der Waals surface area contributed by atoms with Crippen LogP contribution >= 0.6 is 11.6 Å². The Morgan fingerprint density at radius 1 is 1.00 bits per heavy atom. The smallest absolute Gasteiger partial charge is 0.263 e. The van der Waals surface area contributed by atoms with E-state index in [9.17, 15) is 13.2 Å². The highest BCUT2D eigenvalue weighted by Crippen LogP contribution is 2.27. The Balaban J connectivity index is 1.47. The number of ether oxygens (including phenoxy) is 1. The van der Waals surface area contributed by atoms with Gasteiger partial charge < -0.3 is 9.30 Å². The lowest BCUT2D eigenvalue weighted by Gasteiger charge is -2.27. The van der Waals surface area contributed by atoms with E-state index >= 15 is 0 Å². The van der Waals surface area contributed by atoms with E-state index in [4.69, 9.17) is 16.3 Å². The van der Waals surface area contributed by atoms with Gasteiger partial charge in [0, 0.05) is 27.7 Å². The highest BCUT2D eigenvalue weighted by molar-refractivity contribution is 7.92. The van der Waals surface area contributed by atoms with E-state index in [1.54, 1.807) is 30.5 Å². The number of hydrogen-bond donors (Lipinski definition) is 1. The first-order valence-corrected chi connectivity index (χ1v) is 14.4. The molecule has 0 unspecified atom stereocenters. The molecule has 0 saturated heterocycles. The number of rotatable bonds is 9. The van der Waals surface area contributed by atoms with Crippen LogP contribution in [0.2, 0.25) is 5.02 Å². The fourth-order valence-corrected chi connectivity index (χ4v) is 5.56. The van der Waals surface area contributed by atoms with Gasteiger partial charge in [0.05, 0.1) is 18.2 Å². The SMILES string of the molecule is Cc1cc(/C=N\NC(=O)[C@H](C)N(c2ccc(Oc3ccccc3)cc2)S(C)(=O)=O)c(C)n1-c1ccc(Cl)cc1. The number of hydrogen-bond acceptors (Lipinski definition) is 5. The fourth-order valence-electron chi connectivity index (χ4n) is 4.26. The molecule has 0 aliphatic carbocycles. The van der Waals surface area contributed by atoms with Crippen LogP contribution < -0.4 is 14.5 Å². The summed E-state index contributed by atoms with van der Waals surface area (Å²) >= 11 is 6.02. The summed E-state index contributed by atoms with van der Waals surface area (Å²) in [5.74, 6) is 0.619. The zero-order chi connectivity index (χ0) is 28.2. The molecule has 0 aliphatic rings. The molecule has 3 aromatic carbocycles. The Morgan fingerprint density at radius 3 is 2.23 bits per heavy atom. The summed E-state index contributed by atoms with van der Waals surface area (Å²) in [4.78, 5) is 12.9. The van der Waals surface area contributed by atoms with Crippen molar-refractivity contribution in [2.45, 2.75) is 26.8 Å². The van der Waals surface area contributed by atoms with Crippen LogP contribution in [0.3, 0.4) is 0 Å². The van der Waals surface area contributed by atoms with Gasteiger partial charge in [0.2, 0.25) is 10.0 Å². The average Bonchev–Trinajstić information content (AvgIpc) is 3.18. The molecule has 39 heavy (non-hydrogen) atoms. The summed E-state index contributed by atoms with van der Waals surface area (Å²) in [7, 11) is -3.79. The van der Waals surface area contributed by atoms with Crippen LogP contribution in [-0.4, -0.2) is 37.4 Å². The molecule has 4 aromatic rings. The van der Waals surface area contributed by atoms with Gasteiger partial charge in [-0.05, 0) is 87.5 Å². The van der Waals surface area contributed by atoms with Gasteiger partial charge in [0.25, 0.3) is 5.91 Å². The molecule has 1 heterocycles. The van der Waals surface area contributed by atoms with Gasteiger partial charge in [-0.2, -0.15) is 5.10 Å². The number of halogens is 1. The van der Waals surface area contributed by atoms with E-state index < -0.39 is 22.0 Å². The van der Waals surface area contributed by atoms with Crippen molar-refractivity contribution in [3.8, 4) is 17.2 Å². The molecule has 0 radical (unpaired) electrons. The largest absolute Gasteiger partial charge is 0.457 e. The molecular formula is C29H29ClN4O4S. The lowest BCUT2D eigenvalue weighted by atomic mass is 10.2. The van der Waals surface area contributed by atoms with Gasteiger partial charge in [-0.25, -0.2) is 13.8 Å². The van der Waals surface area contributed by atoms with Crippen LogP contribution in [0.25, 0.3) is 5.69 Å². The summed E-state index contributed by atoms with van der Waals surface area (Å²) in [5, 5.41) is 4.76. The first-order chi connectivity index (χ1) is 18.5. The molecule has 1 amide bonds. The van der Waals surface area contributed by atoms with E-state index in [0.717, 1.165) is 33.2 Å². The number of amides is 1. The third-order valence-corrected chi connectivity index (χ3v) is 7.59. The number of para-hydroxylation sites is 1. The molecule has 8 nitrogen and oxygen atoms in total. The number of carbonyl (C=O) groups is 1. The summed E-state index contributed by atoms with van der Waals surface area (Å²) in [5.41, 5.74) is 6.48. The molecule has 202 valence electrons. The van der Waals surface area contributed by atoms with Crippen LogP contribution in [0.4, 0.5) is 5.69 Å². The quantitative estimate of drug-likeness (QED) is 0.204. The lowest BCUT2D eigenvalue weighted by Crippen LogP contribution is -2.46. The number of anilines is 1. The molecule has 10 heteroatoms. The fraction of sp³-hybridized carbons (Fsp3) is 0.172. The minimum Gasteiger partial charge on any atom is -0.457 e. The molecule has 1 atom stereocenters.